The fraction of sp³-hybridized carbons (Fsp3) is 0.583. The molecular formula is C12H19N3O. The highest BCUT2D eigenvalue weighted by Crippen LogP contribution is 2.20. The highest BCUT2D eigenvalue weighted by molar-refractivity contribution is 5.37. The van der Waals surface area contributed by atoms with Crippen molar-refractivity contribution in [2.75, 3.05) is 32.1 Å². The van der Waals surface area contributed by atoms with Crippen LogP contribution in [-0.2, 0) is 6.42 Å². The Labute approximate surface area is 96.3 Å². The van der Waals surface area contributed by atoms with Gasteiger partial charge in [-0.15, -0.1) is 0 Å². The summed E-state index contributed by atoms with van der Waals surface area (Å²) in [4.78, 5) is 6.31. The van der Waals surface area contributed by atoms with Gasteiger partial charge in [0.05, 0.1) is 5.60 Å². The summed E-state index contributed by atoms with van der Waals surface area (Å²) in [7, 11) is 3.94. The van der Waals surface area contributed by atoms with E-state index in [1.165, 1.54) is 0 Å². The lowest BCUT2D eigenvalue weighted by molar-refractivity contribution is 0.0618. The minimum atomic E-state index is -0.582. The molecule has 1 fully saturated rings. The molecule has 88 valence electrons. The lowest BCUT2D eigenvalue weighted by Crippen LogP contribution is -2.33. The monoisotopic (exact) mass is 221 g/mol. The minimum Gasteiger partial charge on any atom is -0.388 e. The van der Waals surface area contributed by atoms with Crippen molar-refractivity contribution in [1.82, 2.24) is 10.3 Å². The second-order valence-electron chi connectivity index (χ2n) is 4.75. The summed E-state index contributed by atoms with van der Waals surface area (Å²) in [6, 6.07) is 4.03. The van der Waals surface area contributed by atoms with Gasteiger partial charge in [0.1, 0.15) is 5.82 Å². The Morgan fingerprint density at radius 1 is 1.50 bits per heavy atom. The summed E-state index contributed by atoms with van der Waals surface area (Å²) in [6.07, 6.45) is 3.36. The molecule has 0 saturated carbocycles. The maximum absolute atomic E-state index is 10.2. The zero-order valence-electron chi connectivity index (χ0n) is 9.90. The second kappa shape index (κ2) is 4.39. The third-order valence-electron chi connectivity index (χ3n) is 3.02. The summed E-state index contributed by atoms with van der Waals surface area (Å²) >= 11 is 0. The Kier molecular flexibility index (Phi) is 3.12. The molecule has 1 saturated heterocycles. The first kappa shape index (κ1) is 11.4. The maximum Gasteiger partial charge on any atom is 0.127 e. The van der Waals surface area contributed by atoms with Crippen molar-refractivity contribution in [2.45, 2.75) is 18.4 Å². The van der Waals surface area contributed by atoms with Crippen LogP contribution in [0.4, 0.5) is 5.82 Å². The molecule has 1 aromatic heterocycles. The van der Waals surface area contributed by atoms with Crippen LogP contribution >= 0.6 is 0 Å². The van der Waals surface area contributed by atoms with E-state index < -0.39 is 5.60 Å². The average molecular weight is 221 g/mol. The third kappa shape index (κ3) is 2.51. The normalized spacial score (nSPS) is 24.7. The minimum absolute atomic E-state index is 0.582. The van der Waals surface area contributed by atoms with Crippen LogP contribution in [0.25, 0.3) is 0 Å². The first-order valence-electron chi connectivity index (χ1n) is 5.64. The molecule has 1 aromatic rings. The third-order valence-corrected chi connectivity index (χ3v) is 3.02. The quantitative estimate of drug-likeness (QED) is 0.776. The van der Waals surface area contributed by atoms with E-state index in [1.54, 1.807) is 0 Å². The SMILES string of the molecule is CN(C)c1ccc(CC2(O)CCNC2)cn1. The van der Waals surface area contributed by atoms with Crippen LogP contribution in [-0.4, -0.2) is 42.9 Å². The predicted molar refractivity (Wildman–Crippen MR) is 64.7 cm³/mol. The molecule has 4 heteroatoms. The van der Waals surface area contributed by atoms with Crippen LogP contribution in [0.1, 0.15) is 12.0 Å². The number of aromatic nitrogens is 1. The smallest absolute Gasteiger partial charge is 0.127 e. The van der Waals surface area contributed by atoms with E-state index >= 15 is 0 Å². The summed E-state index contributed by atoms with van der Waals surface area (Å²) < 4.78 is 0. The number of aliphatic hydroxyl groups is 1. The molecule has 0 amide bonds. The highest BCUT2D eigenvalue weighted by atomic mass is 16.3. The Hall–Kier alpha value is -1.13. The largest absolute Gasteiger partial charge is 0.388 e. The molecule has 0 aromatic carbocycles. The lowest BCUT2D eigenvalue weighted by atomic mass is 9.95. The first-order chi connectivity index (χ1) is 7.59. The standard InChI is InChI=1S/C12H19N3O/c1-15(2)11-4-3-10(8-14-11)7-12(16)5-6-13-9-12/h3-4,8,13,16H,5-7,9H2,1-2H3. The van der Waals surface area contributed by atoms with E-state index in [2.05, 4.69) is 10.3 Å². The summed E-state index contributed by atoms with van der Waals surface area (Å²) in [5, 5.41) is 13.4. The predicted octanol–water partition coefficient (Wildman–Crippen LogP) is 0.414. The van der Waals surface area contributed by atoms with E-state index in [-0.39, 0.29) is 0 Å². The van der Waals surface area contributed by atoms with Crippen molar-refractivity contribution in [2.24, 2.45) is 0 Å². The molecule has 1 atom stereocenters. The number of pyridine rings is 1. The van der Waals surface area contributed by atoms with Gasteiger partial charge >= 0.3 is 0 Å². The van der Waals surface area contributed by atoms with Crippen molar-refractivity contribution in [3.63, 3.8) is 0 Å². The molecule has 1 aliphatic heterocycles. The van der Waals surface area contributed by atoms with Crippen LogP contribution in [0.5, 0.6) is 0 Å². The summed E-state index contributed by atoms with van der Waals surface area (Å²) in [5.41, 5.74) is 0.512. The van der Waals surface area contributed by atoms with E-state index in [1.807, 2.05) is 37.3 Å². The van der Waals surface area contributed by atoms with E-state index in [9.17, 15) is 5.11 Å². The van der Waals surface area contributed by atoms with Crippen molar-refractivity contribution < 1.29 is 5.11 Å². The van der Waals surface area contributed by atoms with Gasteiger partial charge in [-0.05, 0) is 24.6 Å². The van der Waals surface area contributed by atoms with Gasteiger partial charge in [-0.1, -0.05) is 6.07 Å². The molecule has 2 rings (SSSR count). The fourth-order valence-electron chi connectivity index (χ4n) is 2.05. The number of rotatable bonds is 3. The maximum atomic E-state index is 10.2. The number of β-amino-alcohol motifs (C(OH)–C–C–N with tert-alkyl or cyclic N) is 1. The van der Waals surface area contributed by atoms with E-state index in [4.69, 9.17) is 0 Å². The number of nitrogens with one attached hydrogen (secondary N) is 1. The van der Waals surface area contributed by atoms with Gasteiger partial charge in [-0.25, -0.2) is 4.98 Å². The average Bonchev–Trinajstić information content (AvgIpc) is 2.65. The number of hydrogen-bond donors (Lipinski definition) is 2. The molecule has 4 nitrogen and oxygen atoms in total. The molecule has 0 spiro atoms. The van der Waals surface area contributed by atoms with Crippen LogP contribution in [0.15, 0.2) is 18.3 Å². The molecule has 0 radical (unpaired) electrons. The van der Waals surface area contributed by atoms with Crippen molar-refractivity contribution >= 4 is 5.82 Å². The van der Waals surface area contributed by atoms with Gasteiger partial charge in [0.2, 0.25) is 0 Å². The molecule has 1 aliphatic rings. The molecule has 0 aliphatic carbocycles. The van der Waals surface area contributed by atoms with Gasteiger partial charge in [-0.2, -0.15) is 0 Å². The van der Waals surface area contributed by atoms with Gasteiger partial charge in [-0.3, -0.25) is 0 Å². The van der Waals surface area contributed by atoms with Gasteiger partial charge in [0.25, 0.3) is 0 Å². The van der Waals surface area contributed by atoms with Crippen molar-refractivity contribution in [1.29, 1.82) is 0 Å². The van der Waals surface area contributed by atoms with Crippen LogP contribution in [0, 0.1) is 0 Å². The molecule has 16 heavy (non-hydrogen) atoms. The first-order valence-corrected chi connectivity index (χ1v) is 5.64. The van der Waals surface area contributed by atoms with Gasteiger partial charge < -0.3 is 15.3 Å². The Morgan fingerprint density at radius 2 is 2.31 bits per heavy atom. The van der Waals surface area contributed by atoms with E-state index in [0.29, 0.717) is 13.0 Å². The summed E-state index contributed by atoms with van der Waals surface area (Å²) in [6.45, 7) is 1.59. The molecule has 2 heterocycles. The van der Waals surface area contributed by atoms with E-state index in [0.717, 1.165) is 24.3 Å². The van der Waals surface area contributed by atoms with Gasteiger partial charge in [0.15, 0.2) is 0 Å². The molecule has 0 bridgehead atoms. The lowest BCUT2D eigenvalue weighted by Gasteiger charge is -2.21. The Bertz CT molecular complexity index is 342. The number of anilines is 1. The van der Waals surface area contributed by atoms with Crippen LogP contribution in [0.2, 0.25) is 0 Å². The van der Waals surface area contributed by atoms with Crippen LogP contribution < -0.4 is 10.2 Å². The van der Waals surface area contributed by atoms with Crippen molar-refractivity contribution in [3.8, 4) is 0 Å². The van der Waals surface area contributed by atoms with Gasteiger partial charge in [0, 0.05) is 33.3 Å². The fourth-order valence-corrected chi connectivity index (χ4v) is 2.05. The zero-order chi connectivity index (χ0) is 11.6. The topological polar surface area (TPSA) is 48.4 Å². The second-order valence-corrected chi connectivity index (χ2v) is 4.75. The molecule has 1 unspecified atom stereocenters. The summed E-state index contributed by atoms with van der Waals surface area (Å²) in [5.74, 6) is 0.945. The zero-order valence-corrected chi connectivity index (χ0v) is 9.90. The molecule has 2 N–H and O–H groups in total. The Morgan fingerprint density at radius 3 is 2.81 bits per heavy atom. The Balaban J connectivity index is 2.05. The molecular weight excluding hydrogens is 202 g/mol. The van der Waals surface area contributed by atoms with Crippen molar-refractivity contribution in [3.05, 3.63) is 23.9 Å². The van der Waals surface area contributed by atoms with Crippen LogP contribution in [0.3, 0.4) is 0 Å². The number of nitrogens with zero attached hydrogens (tertiary/aromatic N) is 2. The highest BCUT2D eigenvalue weighted by Gasteiger charge is 2.30. The number of hydrogen-bond acceptors (Lipinski definition) is 4.